The van der Waals surface area contributed by atoms with Gasteiger partial charge in [0.2, 0.25) is 11.9 Å². The number of carbonyl (C=O) groups is 1. The monoisotopic (exact) mass is 352 g/mol. The lowest BCUT2D eigenvalue weighted by Gasteiger charge is -2.32. The van der Waals surface area contributed by atoms with E-state index in [1.807, 2.05) is 18.2 Å². The van der Waals surface area contributed by atoms with Crippen LogP contribution in [0.4, 0.5) is 5.95 Å². The molecule has 3 aromatic rings. The first-order valence-electron chi connectivity index (χ1n) is 9.14. The second kappa shape index (κ2) is 7.19. The zero-order chi connectivity index (χ0) is 17.9. The summed E-state index contributed by atoms with van der Waals surface area (Å²) < 4.78 is 2.14. The quantitative estimate of drug-likeness (QED) is 0.735. The number of hydrogen-bond donors (Lipinski definition) is 2. The predicted molar refractivity (Wildman–Crippen MR) is 101 cm³/mol. The first kappa shape index (κ1) is 16.6. The second-order valence-corrected chi connectivity index (χ2v) is 6.84. The van der Waals surface area contributed by atoms with Crippen molar-refractivity contribution in [2.24, 2.45) is 13.0 Å². The fourth-order valence-electron chi connectivity index (χ4n) is 3.64. The van der Waals surface area contributed by atoms with E-state index in [9.17, 15) is 4.79 Å². The van der Waals surface area contributed by atoms with Crippen molar-refractivity contribution in [3.05, 3.63) is 42.5 Å². The molecule has 7 nitrogen and oxygen atoms in total. The van der Waals surface area contributed by atoms with E-state index in [-0.39, 0.29) is 11.8 Å². The molecule has 1 aliphatic rings. The molecule has 1 fully saturated rings. The SMILES string of the molecule is Cn1c(N2CCC(C(=O)NCCc3cnc[nH]3)CC2)nc2ccccc21. The van der Waals surface area contributed by atoms with E-state index in [4.69, 9.17) is 4.98 Å². The van der Waals surface area contributed by atoms with Crippen LogP contribution < -0.4 is 10.2 Å². The van der Waals surface area contributed by atoms with Gasteiger partial charge in [-0.3, -0.25) is 4.79 Å². The Morgan fingerprint density at radius 2 is 2.12 bits per heavy atom. The zero-order valence-electron chi connectivity index (χ0n) is 15.0. The van der Waals surface area contributed by atoms with E-state index >= 15 is 0 Å². The van der Waals surface area contributed by atoms with E-state index in [0.717, 1.165) is 55.0 Å². The maximum absolute atomic E-state index is 12.4. The lowest BCUT2D eigenvalue weighted by Crippen LogP contribution is -2.41. The first-order chi connectivity index (χ1) is 12.7. The molecular formula is C19H24N6O. The number of benzene rings is 1. The van der Waals surface area contributed by atoms with Crippen LogP contribution in [0.25, 0.3) is 11.0 Å². The summed E-state index contributed by atoms with van der Waals surface area (Å²) in [7, 11) is 2.05. The number of imidazole rings is 2. The number of aryl methyl sites for hydroxylation is 1. The van der Waals surface area contributed by atoms with Gasteiger partial charge in [0.25, 0.3) is 0 Å². The van der Waals surface area contributed by atoms with Gasteiger partial charge < -0.3 is 19.8 Å². The Morgan fingerprint density at radius 1 is 1.31 bits per heavy atom. The topological polar surface area (TPSA) is 78.8 Å². The number of carbonyl (C=O) groups excluding carboxylic acids is 1. The van der Waals surface area contributed by atoms with Gasteiger partial charge in [0.1, 0.15) is 0 Å². The van der Waals surface area contributed by atoms with Gasteiger partial charge in [-0.05, 0) is 25.0 Å². The van der Waals surface area contributed by atoms with E-state index < -0.39 is 0 Å². The van der Waals surface area contributed by atoms with Crippen LogP contribution in [0.3, 0.4) is 0 Å². The number of aromatic amines is 1. The fraction of sp³-hybridized carbons (Fsp3) is 0.421. The Bertz CT molecular complexity index is 877. The van der Waals surface area contributed by atoms with Gasteiger partial charge in [-0.1, -0.05) is 12.1 Å². The molecule has 26 heavy (non-hydrogen) atoms. The molecule has 1 aromatic carbocycles. The number of nitrogens with zero attached hydrogens (tertiary/aromatic N) is 4. The van der Waals surface area contributed by atoms with Gasteiger partial charge in [0, 0.05) is 50.9 Å². The first-order valence-corrected chi connectivity index (χ1v) is 9.14. The smallest absolute Gasteiger partial charge is 0.223 e. The molecule has 2 N–H and O–H groups in total. The van der Waals surface area contributed by atoms with E-state index in [1.165, 1.54) is 0 Å². The third kappa shape index (κ3) is 3.29. The number of hydrogen-bond acceptors (Lipinski definition) is 4. The van der Waals surface area contributed by atoms with Crippen molar-refractivity contribution >= 4 is 22.9 Å². The van der Waals surface area contributed by atoms with Crippen LogP contribution >= 0.6 is 0 Å². The Hall–Kier alpha value is -2.83. The van der Waals surface area contributed by atoms with Gasteiger partial charge in [-0.15, -0.1) is 0 Å². The molecule has 0 saturated carbocycles. The number of fused-ring (bicyclic) bond motifs is 1. The van der Waals surface area contributed by atoms with Gasteiger partial charge in [-0.2, -0.15) is 0 Å². The molecule has 0 radical (unpaired) electrons. The largest absolute Gasteiger partial charge is 0.355 e. The summed E-state index contributed by atoms with van der Waals surface area (Å²) in [4.78, 5) is 26.5. The maximum Gasteiger partial charge on any atom is 0.223 e. The molecule has 0 aliphatic carbocycles. The molecule has 3 heterocycles. The van der Waals surface area contributed by atoms with Gasteiger partial charge in [0.15, 0.2) is 0 Å². The lowest BCUT2D eigenvalue weighted by atomic mass is 9.96. The van der Waals surface area contributed by atoms with E-state index in [2.05, 4.69) is 37.9 Å². The molecule has 7 heteroatoms. The van der Waals surface area contributed by atoms with Crippen molar-refractivity contribution in [1.29, 1.82) is 0 Å². The van der Waals surface area contributed by atoms with Crippen molar-refractivity contribution in [2.45, 2.75) is 19.3 Å². The maximum atomic E-state index is 12.4. The number of H-pyrrole nitrogens is 1. The summed E-state index contributed by atoms with van der Waals surface area (Å²) in [6, 6.07) is 8.18. The molecule has 0 atom stereocenters. The standard InChI is InChI=1S/C19H24N6O/c1-24-17-5-3-2-4-16(17)23-19(24)25-10-7-14(8-11-25)18(26)21-9-6-15-12-20-13-22-15/h2-5,12-14H,6-11H2,1H3,(H,20,22)(H,21,26). The molecule has 2 aromatic heterocycles. The highest BCUT2D eigenvalue weighted by molar-refractivity contribution is 5.80. The van der Waals surface area contributed by atoms with Gasteiger partial charge in [-0.25, -0.2) is 9.97 Å². The summed E-state index contributed by atoms with van der Waals surface area (Å²) >= 11 is 0. The Morgan fingerprint density at radius 3 is 2.85 bits per heavy atom. The molecule has 1 aliphatic heterocycles. The molecule has 136 valence electrons. The molecule has 0 unspecified atom stereocenters. The number of para-hydroxylation sites is 2. The average Bonchev–Trinajstić information content (AvgIpc) is 3.30. The molecule has 1 amide bonds. The van der Waals surface area contributed by atoms with Crippen molar-refractivity contribution in [1.82, 2.24) is 24.8 Å². The van der Waals surface area contributed by atoms with Crippen LogP contribution in [0.15, 0.2) is 36.8 Å². The van der Waals surface area contributed by atoms with E-state index in [1.54, 1.807) is 12.5 Å². The third-order valence-electron chi connectivity index (χ3n) is 5.16. The third-order valence-corrected chi connectivity index (χ3v) is 5.16. The molecule has 4 rings (SSSR count). The lowest BCUT2D eigenvalue weighted by molar-refractivity contribution is -0.125. The number of amides is 1. The highest BCUT2D eigenvalue weighted by atomic mass is 16.1. The van der Waals surface area contributed by atoms with E-state index in [0.29, 0.717) is 6.54 Å². The number of rotatable bonds is 5. The minimum atomic E-state index is 0.0858. The number of anilines is 1. The fourth-order valence-corrected chi connectivity index (χ4v) is 3.64. The average molecular weight is 352 g/mol. The van der Waals surface area contributed by atoms with Crippen LogP contribution in [0, 0.1) is 5.92 Å². The molecule has 0 bridgehead atoms. The van der Waals surface area contributed by atoms with Crippen LogP contribution in [-0.2, 0) is 18.3 Å². The number of nitrogens with one attached hydrogen (secondary N) is 2. The zero-order valence-corrected chi connectivity index (χ0v) is 15.0. The van der Waals surface area contributed by atoms with Crippen LogP contribution in [-0.4, -0.2) is 45.1 Å². The van der Waals surface area contributed by atoms with Crippen molar-refractivity contribution in [3.8, 4) is 0 Å². The summed E-state index contributed by atoms with van der Waals surface area (Å²) in [5.41, 5.74) is 3.20. The predicted octanol–water partition coefficient (Wildman–Crippen LogP) is 1.87. The summed E-state index contributed by atoms with van der Waals surface area (Å²) in [6.45, 7) is 2.36. The Kier molecular flexibility index (Phi) is 4.60. The Balaban J connectivity index is 1.31. The van der Waals surface area contributed by atoms with Crippen molar-refractivity contribution in [3.63, 3.8) is 0 Å². The highest BCUT2D eigenvalue weighted by Crippen LogP contribution is 2.25. The number of aromatic nitrogens is 4. The van der Waals surface area contributed by atoms with Crippen LogP contribution in [0.1, 0.15) is 18.5 Å². The summed E-state index contributed by atoms with van der Waals surface area (Å²) in [5.74, 6) is 1.24. The van der Waals surface area contributed by atoms with Gasteiger partial charge in [0.05, 0.1) is 17.4 Å². The molecule has 1 saturated heterocycles. The molecule has 0 spiro atoms. The van der Waals surface area contributed by atoms with Crippen LogP contribution in [0.2, 0.25) is 0 Å². The minimum absolute atomic E-state index is 0.0858. The normalized spacial score (nSPS) is 15.5. The van der Waals surface area contributed by atoms with Gasteiger partial charge >= 0.3 is 0 Å². The van der Waals surface area contributed by atoms with Crippen molar-refractivity contribution < 1.29 is 4.79 Å². The number of piperidine rings is 1. The molecular weight excluding hydrogens is 328 g/mol. The van der Waals surface area contributed by atoms with Crippen LogP contribution in [0.5, 0.6) is 0 Å². The minimum Gasteiger partial charge on any atom is -0.355 e. The van der Waals surface area contributed by atoms with Crippen molar-refractivity contribution in [2.75, 3.05) is 24.5 Å². The highest BCUT2D eigenvalue weighted by Gasteiger charge is 2.26. The Labute approximate surface area is 152 Å². The second-order valence-electron chi connectivity index (χ2n) is 6.84. The summed E-state index contributed by atoms with van der Waals surface area (Å²) in [5, 5.41) is 3.05. The summed E-state index contributed by atoms with van der Waals surface area (Å²) in [6.07, 6.45) is 5.96.